The highest BCUT2D eigenvalue weighted by Crippen LogP contribution is 2.59. The van der Waals surface area contributed by atoms with Crippen molar-refractivity contribution < 1.29 is 53.1 Å². The van der Waals surface area contributed by atoms with E-state index < -0.39 is 12.0 Å². The lowest BCUT2D eigenvalue weighted by molar-refractivity contribution is -0.138. The van der Waals surface area contributed by atoms with Gasteiger partial charge in [-0.2, -0.15) is 20.4 Å². The number of pyridine rings is 6. The predicted molar refractivity (Wildman–Crippen MR) is 430 cm³/mol. The van der Waals surface area contributed by atoms with Crippen molar-refractivity contribution in [2.45, 2.75) is 182 Å². The first-order valence-electron chi connectivity index (χ1n) is 37.1. The van der Waals surface area contributed by atoms with E-state index in [1.165, 1.54) is 18.0 Å². The molecule has 4 N–H and O–H groups in total. The van der Waals surface area contributed by atoms with Crippen molar-refractivity contribution in [3.63, 3.8) is 0 Å². The molecule has 15 heterocycles. The van der Waals surface area contributed by atoms with Crippen molar-refractivity contribution in [2.24, 2.45) is 10.8 Å². The molecule has 0 spiro atoms. The fourth-order valence-electron chi connectivity index (χ4n) is 15.1. The molecule has 5 aliphatic heterocycles. The molecule has 5 saturated heterocycles. The summed E-state index contributed by atoms with van der Waals surface area (Å²) in [6.45, 7) is 13.4. The number of Topliss-reactive ketones (excluding diaryl/α,β-unsaturated/α-hetero) is 3. The van der Waals surface area contributed by atoms with Gasteiger partial charge in [0.05, 0.1) is 59.4 Å². The first-order chi connectivity index (χ1) is 53.6. The van der Waals surface area contributed by atoms with Gasteiger partial charge < -0.3 is 26.0 Å². The van der Waals surface area contributed by atoms with Crippen molar-refractivity contribution >= 4 is 186 Å². The van der Waals surface area contributed by atoms with Crippen LogP contribution in [-0.2, 0) is 74.1 Å². The van der Waals surface area contributed by atoms with Gasteiger partial charge in [-0.25, -0.2) is 14.6 Å². The lowest BCUT2D eigenvalue weighted by atomic mass is 10.0. The molecule has 0 radical (unpaired) electrons. The number of carboxylic acids is 1. The molecule has 6 amide bonds. The average molecular weight is 1770 g/mol. The second-order valence-corrected chi connectivity index (χ2v) is 32.4. The molecule has 112 heavy (non-hydrogen) atoms. The highest BCUT2D eigenvalue weighted by atomic mass is 127. The van der Waals surface area contributed by atoms with E-state index in [9.17, 15) is 47.9 Å². The fraction of sp³-hybridized carbons (Fsp3) is 0.429. The highest BCUT2D eigenvalue weighted by molar-refractivity contribution is 14.1. The van der Waals surface area contributed by atoms with Gasteiger partial charge in [0.25, 0.3) is 0 Å². The summed E-state index contributed by atoms with van der Waals surface area (Å²) in [4.78, 5) is 150. The van der Waals surface area contributed by atoms with Crippen LogP contribution in [0.2, 0.25) is 0 Å². The van der Waals surface area contributed by atoms with E-state index in [4.69, 9.17) is 5.11 Å². The topological polar surface area (TPSA) is 389 Å². The Hall–Kier alpha value is -10.3. The molecule has 0 bridgehead atoms. The number of halogens is 3. The van der Waals surface area contributed by atoms with Crippen LogP contribution in [0.5, 0.6) is 0 Å². The summed E-state index contributed by atoms with van der Waals surface area (Å²) in [7, 11) is 0. The molecular weight excluding hydrogens is 1680 g/mol. The fourth-order valence-corrected chi connectivity index (χ4v) is 16.4. The molecule has 3 aliphatic carbocycles. The summed E-state index contributed by atoms with van der Waals surface area (Å²) in [6.07, 6.45) is 24.9. The lowest BCUT2D eigenvalue weighted by Crippen LogP contribution is -2.47. The Morgan fingerprint density at radius 2 is 0.938 bits per heavy atom. The lowest BCUT2D eigenvalue weighted by Gasteiger charge is -2.27. The van der Waals surface area contributed by atoms with Gasteiger partial charge in [-0.3, -0.25) is 96.6 Å². The summed E-state index contributed by atoms with van der Waals surface area (Å²) in [6, 6.07) is 14.7. The van der Waals surface area contributed by atoms with Crippen LogP contribution >= 0.6 is 54.5 Å². The van der Waals surface area contributed by atoms with E-state index in [1.54, 1.807) is 96.2 Å². The van der Waals surface area contributed by atoms with Gasteiger partial charge in [0.15, 0.2) is 29.0 Å². The number of carbonyl (C=O) groups is 10. The second-order valence-electron chi connectivity index (χ2n) is 29.8. The zero-order valence-electron chi connectivity index (χ0n) is 62.6. The first kappa shape index (κ1) is 79.8. The van der Waals surface area contributed by atoms with Crippen molar-refractivity contribution in [3.05, 3.63) is 122 Å². The zero-order valence-corrected chi connectivity index (χ0v) is 67.9. The molecule has 0 aromatic carbocycles. The molecule has 8 fully saturated rings. The third kappa shape index (κ3) is 17.9. The number of nitrogens with one attached hydrogen (secondary N) is 3. The van der Waals surface area contributed by atoms with Gasteiger partial charge in [0.2, 0.25) is 35.4 Å². The molecule has 584 valence electrons. The van der Waals surface area contributed by atoms with Crippen LogP contribution in [0, 0.1) is 28.4 Å². The maximum atomic E-state index is 13.7. The molecule has 8 aliphatic rings. The smallest absolute Gasteiger partial charge is 0.325 e. The summed E-state index contributed by atoms with van der Waals surface area (Å²) < 4.78 is 8.55. The molecule has 10 aromatic rings. The number of aliphatic carboxylic acids is 1. The van der Waals surface area contributed by atoms with E-state index in [0.29, 0.717) is 114 Å². The van der Waals surface area contributed by atoms with Crippen LogP contribution in [0.25, 0.3) is 43.6 Å². The molecule has 18 rings (SSSR count). The van der Waals surface area contributed by atoms with Crippen molar-refractivity contribution in [1.82, 2.24) is 79.2 Å². The average Bonchev–Trinajstić information content (AvgIpc) is 1.54. The number of hydrogen-bond donors (Lipinski definition) is 4. The number of amides is 6. The van der Waals surface area contributed by atoms with E-state index in [2.05, 4.69) is 135 Å². The van der Waals surface area contributed by atoms with E-state index in [0.717, 1.165) is 110 Å². The third-order valence-electron chi connectivity index (χ3n) is 21.2. The number of hydrogen-bond acceptors (Lipinski definition) is 21. The van der Waals surface area contributed by atoms with Gasteiger partial charge in [0.1, 0.15) is 56.0 Å². The van der Waals surface area contributed by atoms with Gasteiger partial charge in [-0.15, -0.1) is 0 Å². The van der Waals surface area contributed by atoms with Gasteiger partial charge in [0, 0.05) is 110 Å². The molecule has 6 atom stereocenters. The number of carbonyl (C=O) groups excluding carboxylic acids is 9. The first-order valence-corrected chi connectivity index (χ1v) is 39.8. The number of aromatic nitrogens is 14. The largest absolute Gasteiger partial charge is 0.480 e. The molecule has 0 unspecified atom stereocenters. The minimum Gasteiger partial charge on any atom is -0.480 e. The van der Waals surface area contributed by atoms with Crippen LogP contribution < -0.4 is 30.7 Å². The van der Waals surface area contributed by atoms with Gasteiger partial charge >= 0.3 is 5.97 Å². The molecule has 3 saturated carbocycles. The Bertz CT molecular complexity index is 5250. The van der Waals surface area contributed by atoms with Crippen LogP contribution in [0.15, 0.2) is 107 Å². The van der Waals surface area contributed by atoms with Gasteiger partial charge in [-0.05, 0) is 198 Å². The summed E-state index contributed by atoms with van der Waals surface area (Å²) in [5.41, 5.74) is 5.12. The zero-order chi connectivity index (χ0) is 79.4. The second kappa shape index (κ2) is 34.0. The quantitative estimate of drug-likeness (QED) is 0.0547. The van der Waals surface area contributed by atoms with Crippen molar-refractivity contribution in [1.29, 1.82) is 0 Å². The minimum absolute atomic E-state index is 0.0209. The Morgan fingerprint density at radius 1 is 0.518 bits per heavy atom. The number of aryl methyl sites for hydroxylation is 2. The number of piperidine rings is 2. The van der Waals surface area contributed by atoms with E-state index >= 15 is 0 Å². The molecule has 32 nitrogen and oxygen atoms in total. The summed E-state index contributed by atoms with van der Waals surface area (Å²) >= 11 is 8.82. The van der Waals surface area contributed by atoms with Crippen LogP contribution in [-0.4, -0.2) is 182 Å². The number of likely N-dealkylation sites (tertiary alicyclic amines) is 1. The Balaban J connectivity index is 0.000000125. The number of anilines is 5. The SMILES string of the molecule is CC(=O)Cn1nc(I)c2ccncc21.CC(=O)Cn1nc(N2CCCC2=O)c2ccncc21.Cc1ccc(Br)nc1NC(=O)[C@@H]1C[C@@]2(C)C[C@H]2N1.Cc1ccc(Br)nc1NC(=O)[C@@H]1C[C@@]2(C)C[C@H]2N1C(=O)Cn1nc(N2CCCC2=O)c2ccncc21.O=C(O)Cn1nc(N2CCCC2=O)c2ccncc21.O=C1CCCC1. The molecule has 10 aromatic heterocycles. The van der Waals surface area contributed by atoms with E-state index in [1.807, 2.05) is 56.3 Å². The Kier molecular flexibility index (Phi) is 24.2. The highest BCUT2D eigenvalue weighted by Gasteiger charge is 2.64. The maximum Gasteiger partial charge on any atom is 0.325 e. The predicted octanol–water partition coefficient (Wildman–Crippen LogP) is 9.82. The number of carboxylic acid groups (broad SMARTS) is 1. The monoisotopic (exact) mass is 1760 g/mol. The van der Waals surface area contributed by atoms with Crippen molar-refractivity contribution in [3.8, 4) is 0 Å². The Morgan fingerprint density at radius 3 is 1.34 bits per heavy atom. The van der Waals surface area contributed by atoms with Crippen molar-refractivity contribution in [2.75, 3.05) is 45.0 Å². The third-order valence-corrected chi connectivity index (χ3v) is 22.8. The number of ketones is 3. The summed E-state index contributed by atoms with van der Waals surface area (Å²) in [5.74, 6) is 2.21. The molecular formula is C77H84Br2IN21O11. The number of nitrogens with zero attached hydrogens (tertiary/aromatic N) is 18. The number of rotatable bonds is 15. The minimum atomic E-state index is -0.979. The Labute approximate surface area is 673 Å². The van der Waals surface area contributed by atoms with Crippen LogP contribution in [0.3, 0.4) is 0 Å². The normalized spacial score (nSPS) is 21.1. The van der Waals surface area contributed by atoms with Gasteiger partial charge in [-0.1, -0.05) is 26.0 Å². The summed E-state index contributed by atoms with van der Waals surface area (Å²) in [5, 5.41) is 39.2. The standard InChI is InChI=1S/C25H26BrN7O3.C13H16BrN3O.C13H14N4O2.C12H12N4O3.C9H8IN3O.C5H8O/c1-14-5-6-19(26)28-22(14)29-24(36)16-10-25(2)11-18(25)33(16)21(35)13-32-17-12-27-8-7-15(17)23(30-32)31-9-3-4-20(31)34;1-7-3-4-10(14)16-11(7)17-12(18)8-5-13(2)6-9(13)15-8;1-9(18)8-17-11-7-14-5-4-10(11)13(15-17)16-6-2-3-12(16)19;17-10-2-1-5-15(10)12-8-3-4-13-6-9(8)16(14-12)7-11(18)19;1-6(14)5-13-8-4-11-3-2-7(8)9(10)12-13;6-5-3-1-2-4-5/h5-8,12,16,18H,3-4,9-11,13H2,1-2H3,(H,28,29,36);3-4,8-9,15H,5-6H2,1-2H3,(H,16,17,18);4-5,7H,2-3,6,8H2,1H3;3-4,6H,1-2,5,7H2,(H,18,19);2-4H,5H2,1H3;1-4H2/t16-,18+,25-;8-,9+,13-;;;;/m00..../s1. The maximum absolute atomic E-state index is 13.7. The number of fused-ring (bicyclic) bond motifs is 6. The van der Waals surface area contributed by atoms with Crippen LogP contribution in [0.1, 0.15) is 129 Å². The van der Waals surface area contributed by atoms with Crippen LogP contribution in [0.4, 0.5) is 29.1 Å². The van der Waals surface area contributed by atoms with E-state index in [-0.39, 0.29) is 84.1 Å². The molecule has 35 heteroatoms.